The molecule has 6 nitrogen and oxygen atoms in total. The number of allylic oxidation sites excluding steroid dienone is 2. The van der Waals surface area contributed by atoms with Gasteiger partial charge >= 0.3 is 5.97 Å². The lowest BCUT2D eigenvalue weighted by molar-refractivity contribution is -0.137. The molecule has 1 unspecified atom stereocenters. The molecule has 1 rings (SSSR count). The SMILES string of the molecule is [3H]C(/C=C/c1nn(CCCCCC=O)c(C)c1C/C=C\CCCC(=O)O)(CCCCC)O[Si](C)(C)C(C)(C)C. The average Bonchev–Trinajstić information content (AvgIpc) is 3.13. The first-order valence-electron chi connectivity index (χ1n) is 15.0. The van der Waals surface area contributed by atoms with Gasteiger partial charge < -0.3 is 14.3 Å². The molecular formula is C31H54N2O4Si. The van der Waals surface area contributed by atoms with Gasteiger partial charge in [0, 0.05) is 30.6 Å². The summed E-state index contributed by atoms with van der Waals surface area (Å²) in [6, 6.07) is 0. The van der Waals surface area contributed by atoms with E-state index in [1.807, 2.05) is 22.9 Å². The van der Waals surface area contributed by atoms with Gasteiger partial charge in [-0.05, 0) is 69.7 Å². The van der Waals surface area contributed by atoms with Crippen molar-refractivity contribution in [3.63, 3.8) is 0 Å². The minimum absolute atomic E-state index is 0.0104. The summed E-state index contributed by atoms with van der Waals surface area (Å²) in [4.78, 5) is 21.4. The lowest BCUT2D eigenvalue weighted by atomic mass is 10.1. The average molecular weight is 549 g/mol. The zero-order valence-corrected chi connectivity index (χ0v) is 26.1. The third-order valence-corrected chi connectivity index (χ3v) is 11.8. The van der Waals surface area contributed by atoms with E-state index in [1.165, 1.54) is 0 Å². The number of unbranched alkanes of at least 4 members (excludes halogenated alkanes) is 6. The maximum absolute atomic E-state index is 10.8. The number of aliphatic carboxylic acids is 1. The first kappa shape index (κ1) is 32.2. The van der Waals surface area contributed by atoms with Crippen LogP contribution in [0.25, 0.3) is 6.08 Å². The third kappa shape index (κ3) is 12.7. The smallest absolute Gasteiger partial charge is 0.303 e. The molecule has 0 aliphatic heterocycles. The van der Waals surface area contributed by atoms with E-state index in [1.54, 1.807) is 0 Å². The zero-order valence-electron chi connectivity index (χ0n) is 26.1. The molecule has 0 saturated carbocycles. The molecule has 1 atom stereocenters. The number of aldehydes is 1. The summed E-state index contributed by atoms with van der Waals surface area (Å²) in [6.07, 6.45) is 17.4. The van der Waals surface area contributed by atoms with Crippen LogP contribution in [0.2, 0.25) is 18.1 Å². The number of carboxylic acid groups (broad SMARTS) is 1. The molecule has 7 heteroatoms. The molecular weight excluding hydrogens is 492 g/mol. The molecule has 0 saturated heterocycles. The first-order chi connectivity index (χ1) is 18.3. The van der Waals surface area contributed by atoms with Gasteiger partial charge in [-0.15, -0.1) is 0 Å². The van der Waals surface area contributed by atoms with Gasteiger partial charge in [-0.2, -0.15) is 5.10 Å². The van der Waals surface area contributed by atoms with Crippen molar-refractivity contribution in [1.82, 2.24) is 9.78 Å². The van der Waals surface area contributed by atoms with Gasteiger partial charge in [0.1, 0.15) is 6.29 Å². The highest BCUT2D eigenvalue weighted by molar-refractivity contribution is 6.74. The van der Waals surface area contributed by atoms with Crippen LogP contribution < -0.4 is 0 Å². The van der Waals surface area contributed by atoms with E-state index in [-0.39, 0.29) is 11.5 Å². The number of carbonyl (C=O) groups is 2. The Kier molecular flexibility index (Phi) is 14.9. The molecule has 0 aliphatic carbocycles. The van der Waals surface area contributed by atoms with Gasteiger partial charge in [0.05, 0.1) is 13.1 Å². The summed E-state index contributed by atoms with van der Waals surface area (Å²) in [6.45, 7) is 16.1. The molecule has 216 valence electrons. The number of rotatable bonds is 20. The van der Waals surface area contributed by atoms with Crippen molar-refractivity contribution >= 4 is 26.6 Å². The quantitative estimate of drug-likeness (QED) is 0.0767. The van der Waals surface area contributed by atoms with E-state index in [4.69, 9.17) is 14.6 Å². The number of carboxylic acids is 1. The fourth-order valence-electron chi connectivity index (χ4n) is 3.94. The Morgan fingerprint density at radius 1 is 1.13 bits per heavy atom. The van der Waals surface area contributed by atoms with Gasteiger partial charge in [-0.1, -0.05) is 71.6 Å². The van der Waals surface area contributed by atoms with Crippen molar-refractivity contribution in [3.05, 3.63) is 35.2 Å². The van der Waals surface area contributed by atoms with Crippen LogP contribution in [0.4, 0.5) is 0 Å². The summed E-state index contributed by atoms with van der Waals surface area (Å²) >= 11 is 0. The number of aryl methyl sites for hydroxylation is 1. The van der Waals surface area contributed by atoms with Gasteiger partial charge in [-0.3, -0.25) is 9.48 Å². The van der Waals surface area contributed by atoms with Crippen molar-refractivity contribution in [2.24, 2.45) is 0 Å². The van der Waals surface area contributed by atoms with Crippen molar-refractivity contribution in [2.75, 3.05) is 0 Å². The maximum Gasteiger partial charge on any atom is 0.303 e. The molecule has 1 aromatic heterocycles. The van der Waals surface area contributed by atoms with Crippen LogP contribution in [0.1, 0.15) is 117 Å². The minimum Gasteiger partial charge on any atom is -0.481 e. The number of hydrogen-bond acceptors (Lipinski definition) is 4. The largest absolute Gasteiger partial charge is 0.481 e. The van der Waals surface area contributed by atoms with Gasteiger partial charge in [0.15, 0.2) is 8.32 Å². The Hall–Kier alpha value is -1.99. The maximum atomic E-state index is 10.8. The topological polar surface area (TPSA) is 81.4 Å². The van der Waals surface area contributed by atoms with Crippen molar-refractivity contribution in [2.45, 2.75) is 142 Å². The highest BCUT2D eigenvalue weighted by atomic mass is 28.4. The second-order valence-corrected chi connectivity index (χ2v) is 16.5. The van der Waals surface area contributed by atoms with Crippen LogP contribution in [0.5, 0.6) is 0 Å². The lowest BCUT2D eigenvalue weighted by Crippen LogP contribution is -2.43. The highest BCUT2D eigenvalue weighted by Crippen LogP contribution is 2.38. The van der Waals surface area contributed by atoms with Gasteiger partial charge in [0.25, 0.3) is 0 Å². The molecule has 38 heavy (non-hydrogen) atoms. The monoisotopic (exact) mass is 548 g/mol. The van der Waals surface area contributed by atoms with E-state index in [9.17, 15) is 11.0 Å². The van der Waals surface area contributed by atoms with Crippen LogP contribution >= 0.6 is 0 Å². The second-order valence-electron chi connectivity index (χ2n) is 11.8. The summed E-state index contributed by atoms with van der Waals surface area (Å²) < 4.78 is 18.1. The molecule has 1 heterocycles. The number of hydrogen-bond donors (Lipinski definition) is 1. The molecule has 0 fully saturated rings. The fourth-order valence-corrected chi connectivity index (χ4v) is 5.07. The standard InChI is InChI=1S/C31H54N2O4Si/c1-8-9-14-19-27(37-38(6,7)31(3,4)5)22-23-29-28(20-15-10-11-16-21-30(35)36)26(2)33(32-29)24-17-12-13-18-25-34/h10,15,22-23,25,27H,8-9,11-14,16-21,24H2,1-7H3,(H,35,36)/b15-10-,23-22+/i27T. The van der Waals surface area contributed by atoms with Crippen LogP contribution in [0.3, 0.4) is 0 Å². The molecule has 0 spiro atoms. The van der Waals surface area contributed by atoms with Crippen LogP contribution in [-0.4, -0.2) is 41.5 Å². The summed E-state index contributed by atoms with van der Waals surface area (Å²) in [5.74, 6) is -0.765. The normalized spacial score (nSPS) is 14.8. The minimum atomic E-state index is -2.17. The van der Waals surface area contributed by atoms with E-state index < -0.39 is 20.4 Å². The van der Waals surface area contributed by atoms with Crippen molar-refractivity contribution < 1.29 is 20.5 Å². The second kappa shape index (κ2) is 17.6. The molecule has 0 aliphatic rings. The highest BCUT2D eigenvalue weighted by Gasteiger charge is 2.38. The van der Waals surface area contributed by atoms with Gasteiger partial charge in [-0.25, -0.2) is 0 Å². The summed E-state index contributed by atoms with van der Waals surface area (Å²) in [7, 11) is -2.17. The van der Waals surface area contributed by atoms with Crippen molar-refractivity contribution in [1.29, 1.82) is 0 Å². The number of aromatic nitrogens is 2. The predicted molar refractivity (Wildman–Crippen MR) is 161 cm³/mol. The Labute approximate surface area is 234 Å². The van der Waals surface area contributed by atoms with Crippen molar-refractivity contribution in [3.8, 4) is 0 Å². The lowest BCUT2D eigenvalue weighted by Gasteiger charge is -2.38. The molecule has 0 bridgehead atoms. The first-order valence-corrected chi connectivity index (χ1v) is 17.4. The Bertz CT molecular complexity index is 949. The Morgan fingerprint density at radius 3 is 2.50 bits per heavy atom. The molecule has 1 aromatic rings. The molecule has 0 amide bonds. The molecule has 1 N–H and O–H groups in total. The van der Waals surface area contributed by atoms with E-state index in [2.05, 4.69) is 53.8 Å². The van der Waals surface area contributed by atoms with Crippen LogP contribution in [-0.2, 0) is 27.0 Å². The van der Waals surface area contributed by atoms with Crippen LogP contribution in [0, 0.1) is 6.92 Å². The molecule has 0 aromatic carbocycles. The molecule has 0 radical (unpaired) electrons. The predicted octanol–water partition coefficient (Wildman–Crippen LogP) is 8.29. The zero-order chi connectivity index (χ0) is 29.5. The van der Waals surface area contributed by atoms with E-state index >= 15 is 0 Å². The number of nitrogens with zero attached hydrogens (tertiary/aromatic N) is 2. The Morgan fingerprint density at radius 2 is 1.87 bits per heavy atom. The summed E-state index contributed by atoms with van der Waals surface area (Å²) in [5.41, 5.74) is 3.09. The van der Waals surface area contributed by atoms with E-state index in [0.717, 1.165) is 74.7 Å². The third-order valence-electron chi connectivity index (χ3n) is 7.45. The fraction of sp³-hybridized carbons (Fsp3) is 0.710. The summed E-state index contributed by atoms with van der Waals surface area (Å²) in [5, 5.41) is 13.8. The van der Waals surface area contributed by atoms with Crippen LogP contribution in [0.15, 0.2) is 18.2 Å². The number of carbonyl (C=O) groups excluding carboxylic acids is 1. The van der Waals surface area contributed by atoms with Gasteiger partial charge in [0.2, 0.25) is 0 Å². The Balaban J connectivity index is 3.24. The van der Waals surface area contributed by atoms with E-state index in [0.29, 0.717) is 25.7 Å².